The molecule has 0 amide bonds. The molecule has 11 heteroatoms. The fourth-order valence-corrected chi connectivity index (χ4v) is 10.2. The summed E-state index contributed by atoms with van der Waals surface area (Å²) in [5, 5.41) is 13.5. The summed E-state index contributed by atoms with van der Waals surface area (Å²) >= 11 is 0. The van der Waals surface area contributed by atoms with E-state index in [0.29, 0.717) is 17.9 Å². The number of hydrogen-bond acceptors (Lipinski definition) is 10. The van der Waals surface area contributed by atoms with Crippen LogP contribution >= 0.6 is 0 Å². The monoisotopic (exact) mass is 696 g/mol. The highest BCUT2D eigenvalue weighted by Crippen LogP contribution is 2.36. The number of carbonyl (C=O) groups excluding carboxylic acids is 3. The molecule has 0 radical (unpaired) electrons. The summed E-state index contributed by atoms with van der Waals surface area (Å²) in [6.45, 7) is 8.59. The zero-order valence-electron chi connectivity index (χ0n) is 30.0. The van der Waals surface area contributed by atoms with Crippen molar-refractivity contribution in [3.8, 4) is 0 Å². The van der Waals surface area contributed by atoms with Gasteiger partial charge in [0.05, 0.1) is 45.7 Å². The summed E-state index contributed by atoms with van der Waals surface area (Å²) in [5.41, 5.74) is 0.527. The SMILES string of the molecule is COCO/C(=C/CCC(C(=O)OC)C(=O)OC)C[C@@H](C(=O)OC)[C@H](O)/C(C)=C\C=C\CO[Si](c1ccccc1)(c1ccccc1)C(C)(C)C. The lowest BCUT2D eigenvalue weighted by Crippen LogP contribution is -2.66. The van der Waals surface area contributed by atoms with Gasteiger partial charge in [-0.05, 0) is 46.8 Å². The number of methoxy groups -OCH3 is 4. The molecule has 0 saturated carbocycles. The smallest absolute Gasteiger partial charge is 0.320 e. The normalized spacial score (nSPS) is 14.0. The third-order valence-corrected chi connectivity index (χ3v) is 13.2. The van der Waals surface area contributed by atoms with Crippen LogP contribution in [0.4, 0.5) is 0 Å². The van der Waals surface area contributed by atoms with Gasteiger partial charge < -0.3 is 33.2 Å². The number of carbonyl (C=O) groups is 3. The number of esters is 3. The summed E-state index contributed by atoms with van der Waals surface area (Å²) in [7, 11) is 2.37. The molecule has 0 fully saturated rings. The number of rotatable bonds is 19. The van der Waals surface area contributed by atoms with Crippen molar-refractivity contribution in [2.45, 2.75) is 58.1 Å². The van der Waals surface area contributed by atoms with Gasteiger partial charge in [-0.1, -0.05) is 99.7 Å². The maximum absolute atomic E-state index is 12.9. The highest BCUT2D eigenvalue weighted by Gasteiger charge is 2.49. The van der Waals surface area contributed by atoms with E-state index in [0.717, 1.165) is 0 Å². The molecule has 1 N–H and O–H groups in total. The zero-order valence-corrected chi connectivity index (χ0v) is 31.0. The predicted octanol–water partition coefficient (Wildman–Crippen LogP) is 4.85. The van der Waals surface area contributed by atoms with E-state index in [2.05, 4.69) is 45.0 Å². The van der Waals surface area contributed by atoms with Crippen LogP contribution in [0.25, 0.3) is 0 Å². The van der Waals surface area contributed by atoms with E-state index in [1.54, 1.807) is 19.1 Å². The number of allylic oxidation sites excluding steroid dienone is 4. The molecule has 10 nitrogen and oxygen atoms in total. The highest BCUT2D eigenvalue weighted by molar-refractivity contribution is 6.99. The van der Waals surface area contributed by atoms with Crippen molar-refractivity contribution in [1.29, 1.82) is 0 Å². The highest BCUT2D eigenvalue weighted by atomic mass is 28.4. The van der Waals surface area contributed by atoms with Crippen LogP contribution in [0.15, 0.2) is 96.3 Å². The van der Waals surface area contributed by atoms with Gasteiger partial charge in [0.1, 0.15) is 0 Å². The Kier molecular flexibility index (Phi) is 17.2. The minimum absolute atomic E-state index is 0.0236. The first-order valence-electron chi connectivity index (χ1n) is 16.2. The summed E-state index contributed by atoms with van der Waals surface area (Å²) in [4.78, 5) is 37.0. The van der Waals surface area contributed by atoms with Gasteiger partial charge in [-0.2, -0.15) is 0 Å². The lowest BCUT2D eigenvalue weighted by Gasteiger charge is -2.42. The van der Waals surface area contributed by atoms with Gasteiger partial charge in [-0.15, -0.1) is 0 Å². The Morgan fingerprint density at radius 2 is 1.37 bits per heavy atom. The summed E-state index contributed by atoms with van der Waals surface area (Å²) < 4.78 is 32.1. The number of aliphatic hydroxyl groups excluding tert-OH is 1. The third kappa shape index (κ3) is 11.5. The van der Waals surface area contributed by atoms with Crippen molar-refractivity contribution >= 4 is 36.6 Å². The standard InChI is InChI=1S/C38H52O10Si/c1-28(18-15-16-25-48-49(38(2,3)4,30-20-11-9-12-21-30)31-22-13-10-14-23-31)34(39)33(37(42)46-8)26-29(47-27-43-5)19-17-24-32(35(40)44-6)36(41)45-7/h9-16,18-23,32-34,39H,17,24-27H2,1-8H3/b16-15+,28-18-,29-19+/t33-,34-/m1/s1. The summed E-state index contributed by atoms with van der Waals surface area (Å²) in [6.07, 6.45) is 6.17. The molecule has 0 aliphatic carbocycles. The molecule has 0 heterocycles. The van der Waals surface area contributed by atoms with Crippen LogP contribution in [0.1, 0.15) is 47.0 Å². The Morgan fingerprint density at radius 3 is 1.84 bits per heavy atom. The molecule has 2 aromatic rings. The van der Waals surface area contributed by atoms with E-state index in [1.807, 2.05) is 48.6 Å². The summed E-state index contributed by atoms with van der Waals surface area (Å²) in [5.74, 6) is -3.86. The first-order chi connectivity index (χ1) is 23.4. The quantitative estimate of drug-likeness (QED) is 0.0414. The van der Waals surface area contributed by atoms with Crippen molar-refractivity contribution in [3.05, 3.63) is 96.3 Å². The van der Waals surface area contributed by atoms with Crippen LogP contribution in [-0.2, 0) is 42.5 Å². The lowest BCUT2D eigenvalue weighted by atomic mass is 9.91. The van der Waals surface area contributed by atoms with Gasteiger partial charge in [-0.3, -0.25) is 14.4 Å². The van der Waals surface area contributed by atoms with Crippen molar-refractivity contribution in [2.24, 2.45) is 11.8 Å². The van der Waals surface area contributed by atoms with Gasteiger partial charge in [0.25, 0.3) is 8.32 Å². The second-order valence-electron chi connectivity index (χ2n) is 12.5. The average molecular weight is 697 g/mol. The van der Waals surface area contributed by atoms with E-state index in [4.69, 9.17) is 28.1 Å². The molecule has 0 unspecified atom stereocenters. The fourth-order valence-electron chi connectivity index (χ4n) is 5.68. The fraction of sp³-hybridized carbons (Fsp3) is 0.447. The van der Waals surface area contributed by atoms with E-state index in [1.165, 1.54) is 38.8 Å². The molecular formula is C38H52O10Si. The van der Waals surface area contributed by atoms with Crippen LogP contribution in [0.5, 0.6) is 0 Å². The number of benzene rings is 2. The molecular weight excluding hydrogens is 644 g/mol. The largest absolute Gasteiger partial charge is 0.472 e. The second-order valence-corrected chi connectivity index (χ2v) is 16.8. The second kappa shape index (κ2) is 20.5. The average Bonchev–Trinajstić information content (AvgIpc) is 3.11. The Morgan fingerprint density at radius 1 is 0.837 bits per heavy atom. The van der Waals surface area contributed by atoms with E-state index >= 15 is 0 Å². The van der Waals surface area contributed by atoms with Crippen LogP contribution < -0.4 is 10.4 Å². The number of ether oxygens (including phenoxy) is 5. The molecule has 49 heavy (non-hydrogen) atoms. The maximum Gasteiger partial charge on any atom is 0.320 e. The minimum Gasteiger partial charge on any atom is -0.472 e. The van der Waals surface area contributed by atoms with E-state index in [9.17, 15) is 19.5 Å². The van der Waals surface area contributed by atoms with Gasteiger partial charge >= 0.3 is 17.9 Å². The van der Waals surface area contributed by atoms with Crippen LogP contribution in [0.3, 0.4) is 0 Å². The van der Waals surface area contributed by atoms with E-state index < -0.39 is 44.2 Å². The van der Waals surface area contributed by atoms with Crippen LogP contribution in [0, 0.1) is 11.8 Å². The Labute approximate surface area is 291 Å². The van der Waals surface area contributed by atoms with E-state index in [-0.39, 0.29) is 31.1 Å². The first-order valence-corrected chi connectivity index (χ1v) is 18.1. The first kappa shape index (κ1) is 41.1. The Balaban J connectivity index is 2.27. The van der Waals surface area contributed by atoms with Crippen molar-refractivity contribution in [1.82, 2.24) is 0 Å². The van der Waals surface area contributed by atoms with Gasteiger partial charge in [0.15, 0.2) is 12.7 Å². The molecule has 0 aliphatic heterocycles. The minimum atomic E-state index is -2.72. The molecule has 2 aromatic carbocycles. The number of aliphatic hydroxyl groups is 1. The molecule has 2 atom stereocenters. The molecule has 268 valence electrons. The maximum atomic E-state index is 12.9. The van der Waals surface area contributed by atoms with Crippen molar-refractivity contribution < 1.29 is 47.6 Å². The van der Waals surface area contributed by atoms with Crippen LogP contribution in [0.2, 0.25) is 5.04 Å². The molecule has 0 aromatic heterocycles. The topological polar surface area (TPSA) is 127 Å². The zero-order chi connectivity index (χ0) is 36.5. The van der Waals surface area contributed by atoms with Crippen LogP contribution in [-0.4, -0.2) is 79.3 Å². The molecule has 0 aliphatic rings. The molecule has 2 rings (SSSR count). The van der Waals surface area contributed by atoms with Gasteiger partial charge in [-0.25, -0.2) is 0 Å². The molecule has 0 bridgehead atoms. The third-order valence-electron chi connectivity index (χ3n) is 8.24. The molecule has 0 saturated heterocycles. The Hall–Kier alpha value is -4.03. The lowest BCUT2D eigenvalue weighted by molar-refractivity contribution is -0.159. The van der Waals surface area contributed by atoms with Crippen molar-refractivity contribution in [2.75, 3.05) is 41.8 Å². The molecule has 0 spiro atoms. The Bertz CT molecular complexity index is 1360. The predicted molar refractivity (Wildman–Crippen MR) is 190 cm³/mol. The van der Waals surface area contributed by atoms with Gasteiger partial charge in [0, 0.05) is 13.5 Å². The van der Waals surface area contributed by atoms with Gasteiger partial charge in [0.2, 0.25) is 0 Å². The summed E-state index contributed by atoms with van der Waals surface area (Å²) in [6, 6.07) is 20.7. The number of hydrogen-bond donors (Lipinski definition) is 1. The van der Waals surface area contributed by atoms with Crippen molar-refractivity contribution in [3.63, 3.8) is 0 Å².